The summed E-state index contributed by atoms with van der Waals surface area (Å²) in [4.78, 5) is 25.4. The lowest BCUT2D eigenvalue weighted by Gasteiger charge is -2.24. The average molecular weight is 343 g/mol. The summed E-state index contributed by atoms with van der Waals surface area (Å²) in [6, 6.07) is 0. The molecule has 0 aliphatic heterocycles. The number of hydrogen-bond donors (Lipinski definition) is 0. The Morgan fingerprint density at radius 2 is 1.90 bits per heavy atom. The monoisotopic (exact) mass is 342 g/mol. The predicted molar refractivity (Wildman–Crippen MR) is 74.7 cm³/mol. The lowest BCUT2D eigenvalue weighted by Crippen LogP contribution is -2.44. The van der Waals surface area contributed by atoms with Crippen molar-refractivity contribution in [3.05, 3.63) is 20.8 Å². The summed E-state index contributed by atoms with van der Waals surface area (Å²) in [6.45, 7) is -0.508. The lowest BCUT2D eigenvalue weighted by atomic mass is 10.3. The van der Waals surface area contributed by atoms with Gasteiger partial charge in [0.2, 0.25) is 5.91 Å². The molecule has 0 bridgehead atoms. The molecule has 21 heavy (non-hydrogen) atoms. The van der Waals surface area contributed by atoms with Gasteiger partial charge in [0.05, 0.1) is 5.02 Å². The molecule has 0 fully saturated rings. The van der Waals surface area contributed by atoms with E-state index in [9.17, 15) is 22.8 Å². The zero-order valence-electron chi connectivity index (χ0n) is 11.6. The molecular weight excluding hydrogens is 329 g/mol. The quantitative estimate of drug-likeness (QED) is 0.844. The second kappa shape index (κ2) is 6.65. The topological polar surface area (TPSA) is 40.6 Å². The highest BCUT2D eigenvalue weighted by atomic mass is 35.5. The molecular formula is C12H14ClF3N2O2S. The Labute approximate surface area is 129 Å². The van der Waals surface area contributed by atoms with Crippen LogP contribution >= 0.6 is 22.9 Å². The van der Waals surface area contributed by atoms with Crippen molar-refractivity contribution in [2.24, 2.45) is 0 Å². The zero-order chi connectivity index (χ0) is 16.4. The van der Waals surface area contributed by atoms with Crippen LogP contribution in [0, 0.1) is 6.92 Å². The SMILES string of the molecule is Cc1csc(C(=O)N(CC(=O)N(C)C)CC(F)(F)F)c1Cl. The summed E-state index contributed by atoms with van der Waals surface area (Å²) in [6.07, 6.45) is -4.60. The van der Waals surface area contributed by atoms with E-state index in [1.165, 1.54) is 14.1 Å². The zero-order valence-corrected chi connectivity index (χ0v) is 13.2. The second-order valence-corrected chi connectivity index (χ2v) is 5.88. The lowest BCUT2D eigenvalue weighted by molar-refractivity contribution is -0.146. The van der Waals surface area contributed by atoms with Gasteiger partial charge >= 0.3 is 6.18 Å². The van der Waals surface area contributed by atoms with Crippen LogP contribution < -0.4 is 0 Å². The fraction of sp³-hybridized carbons (Fsp3) is 0.500. The first-order chi connectivity index (χ1) is 9.53. The number of likely N-dealkylation sites (N-methyl/N-ethyl adjacent to an activating group) is 1. The van der Waals surface area contributed by atoms with Crippen molar-refractivity contribution in [1.29, 1.82) is 0 Å². The molecule has 9 heteroatoms. The third kappa shape index (κ3) is 4.89. The van der Waals surface area contributed by atoms with Gasteiger partial charge in [-0.3, -0.25) is 9.59 Å². The van der Waals surface area contributed by atoms with Crippen molar-refractivity contribution in [2.75, 3.05) is 27.2 Å². The van der Waals surface area contributed by atoms with Gasteiger partial charge < -0.3 is 9.80 Å². The summed E-state index contributed by atoms with van der Waals surface area (Å²) >= 11 is 6.86. The summed E-state index contributed by atoms with van der Waals surface area (Å²) in [7, 11) is 2.81. The number of nitrogens with zero attached hydrogens (tertiary/aromatic N) is 2. The third-order valence-electron chi connectivity index (χ3n) is 2.58. The summed E-state index contributed by atoms with van der Waals surface area (Å²) in [5.41, 5.74) is 0.607. The van der Waals surface area contributed by atoms with Crippen molar-refractivity contribution < 1.29 is 22.8 Å². The van der Waals surface area contributed by atoms with E-state index in [0.29, 0.717) is 10.5 Å². The standard InChI is InChI=1S/C12H14ClF3N2O2S/c1-7-5-21-10(9(7)13)11(20)18(6-12(14,15)16)4-8(19)17(2)3/h5H,4,6H2,1-3H3. The summed E-state index contributed by atoms with van der Waals surface area (Å²) in [5, 5.41) is 1.70. The minimum Gasteiger partial charge on any atom is -0.347 e. The molecule has 1 aromatic rings. The van der Waals surface area contributed by atoms with Crippen LogP contribution in [0.5, 0.6) is 0 Å². The minimum absolute atomic E-state index is 0.00460. The van der Waals surface area contributed by atoms with Gasteiger partial charge in [-0.05, 0) is 17.9 Å². The smallest absolute Gasteiger partial charge is 0.347 e. The fourth-order valence-electron chi connectivity index (χ4n) is 1.44. The van der Waals surface area contributed by atoms with E-state index in [1.54, 1.807) is 12.3 Å². The van der Waals surface area contributed by atoms with Crippen molar-refractivity contribution in [3.63, 3.8) is 0 Å². The van der Waals surface area contributed by atoms with Crippen LogP contribution in [0.15, 0.2) is 5.38 Å². The number of aryl methyl sites for hydroxylation is 1. The number of carbonyl (C=O) groups excluding carboxylic acids is 2. The van der Waals surface area contributed by atoms with Crippen molar-refractivity contribution >= 4 is 34.8 Å². The van der Waals surface area contributed by atoms with E-state index < -0.39 is 31.1 Å². The maximum Gasteiger partial charge on any atom is 0.406 e. The van der Waals surface area contributed by atoms with Crippen LogP contribution in [0.1, 0.15) is 15.2 Å². The Kier molecular flexibility index (Phi) is 5.63. The van der Waals surface area contributed by atoms with Gasteiger partial charge in [0, 0.05) is 14.1 Å². The fourth-order valence-corrected chi connectivity index (χ4v) is 2.68. The normalized spacial score (nSPS) is 11.4. The molecule has 0 saturated carbocycles. The number of rotatable bonds is 4. The third-order valence-corrected chi connectivity index (χ3v) is 4.26. The molecule has 1 aromatic heterocycles. The highest BCUT2D eigenvalue weighted by Gasteiger charge is 2.35. The molecule has 0 unspecified atom stereocenters. The Morgan fingerprint density at radius 3 is 2.29 bits per heavy atom. The molecule has 0 atom stereocenters. The first-order valence-corrected chi connectivity index (χ1v) is 7.08. The predicted octanol–water partition coefficient (Wildman–Crippen LogP) is 2.80. The van der Waals surface area contributed by atoms with E-state index in [4.69, 9.17) is 11.6 Å². The minimum atomic E-state index is -4.60. The molecule has 0 aromatic carbocycles. The number of carbonyl (C=O) groups is 2. The van der Waals surface area contributed by atoms with Crippen LogP contribution in [-0.2, 0) is 4.79 Å². The van der Waals surface area contributed by atoms with Gasteiger partial charge in [-0.25, -0.2) is 0 Å². The number of hydrogen-bond acceptors (Lipinski definition) is 3. The molecule has 0 N–H and O–H groups in total. The average Bonchev–Trinajstić information content (AvgIpc) is 2.66. The molecule has 0 aliphatic rings. The van der Waals surface area contributed by atoms with Gasteiger partial charge in [0.25, 0.3) is 5.91 Å². The highest BCUT2D eigenvalue weighted by molar-refractivity contribution is 7.13. The van der Waals surface area contributed by atoms with E-state index >= 15 is 0 Å². The van der Waals surface area contributed by atoms with Gasteiger partial charge in [0.1, 0.15) is 18.0 Å². The molecule has 0 spiro atoms. The van der Waals surface area contributed by atoms with E-state index in [2.05, 4.69) is 0 Å². The molecule has 4 nitrogen and oxygen atoms in total. The summed E-state index contributed by atoms with van der Waals surface area (Å²) < 4.78 is 37.8. The Bertz CT molecular complexity index is 543. The Hall–Kier alpha value is -1.28. The number of halogens is 4. The molecule has 1 rings (SSSR count). The van der Waals surface area contributed by atoms with Gasteiger partial charge in [-0.15, -0.1) is 11.3 Å². The van der Waals surface area contributed by atoms with Crippen LogP contribution in [0.4, 0.5) is 13.2 Å². The van der Waals surface area contributed by atoms with Crippen LogP contribution in [-0.4, -0.2) is 55.0 Å². The first kappa shape index (κ1) is 17.8. The maximum absolute atomic E-state index is 12.6. The van der Waals surface area contributed by atoms with Crippen LogP contribution in [0.3, 0.4) is 0 Å². The van der Waals surface area contributed by atoms with Crippen LogP contribution in [0.25, 0.3) is 0 Å². The van der Waals surface area contributed by atoms with Crippen molar-refractivity contribution in [2.45, 2.75) is 13.1 Å². The van der Waals surface area contributed by atoms with Crippen molar-refractivity contribution in [1.82, 2.24) is 9.80 Å². The van der Waals surface area contributed by atoms with Gasteiger partial charge in [-0.1, -0.05) is 11.6 Å². The van der Waals surface area contributed by atoms with E-state index in [1.807, 2.05) is 0 Å². The van der Waals surface area contributed by atoms with Crippen LogP contribution in [0.2, 0.25) is 5.02 Å². The molecule has 0 aliphatic carbocycles. The maximum atomic E-state index is 12.6. The van der Waals surface area contributed by atoms with Gasteiger partial charge in [0.15, 0.2) is 0 Å². The molecule has 118 valence electrons. The van der Waals surface area contributed by atoms with Crippen molar-refractivity contribution in [3.8, 4) is 0 Å². The number of alkyl halides is 3. The summed E-state index contributed by atoms with van der Waals surface area (Å²) in [5.74, 6) is -1.50. The molecule has 1 heterocycles. The van der Waals surface area contributed by atoms with Gasteiger partial charge in [-0.2, -0.15) is 13.2 Å². The second-order valence-electron chi connectivity index (χ2n) is 4.63. The molecule has 0 radical (unpaired) electrons. The Balaban J connectivity index is 3.03. The van der Waals surface area contributed by atoms with E-state index in [0.717, 1.165) is 16.2 Å². The first-order valence-electron chi connectivity index (χ1n) is 5.82. The molecule has 0 saturated heterocycles. The Morgan fingerprint density at radius 1 is 1.33 bits per heavy atom. The highest BCUT2D eigenvalue weighted by Crippen LogP contribution is 2.29. The number of amides is 2. The van der Waals surface area contributed by atoms with E-state index in [-0.39, 0.29) is 9.90 Å². The number of thiophene rings is 1. The molecule has 2 amide bonds. The largest absolute Gasteiger partial charge is 0.406 e.